The summed E-state index contributed by atoms with van der Waals surface area (Å²) < 4.78 is 8.42. The lowest BCUT2D eigenvalue weighted by molar-refractivity contribution is 0.101. The predicted octanol–water partition coefficient (Wildman–Crippen LogP) is 7.20. The molecule has 0 aliphatic carbocycles. The molecule has 3 aromatic carbocycles. The van der Waals surface area contributed by atoms with Gasteiger partial charge in [-0.15, -0.1) is 0 Å². The van der Waals surface area contributed by atoms with Crippen LogP contribution in [-0.4, -0.2) is 17.0 Å². The molecule has 0 saturated carbocycles. The van der Waals surface area contributed by atoms with Gasteiger partial charge in [-0.1, -0.05) is 49.8 Å². The van der Waals surface area contributed by atoms with Crippen molar-refractivity contribution in [2.75, 3.05) is 6.61 Å². The third-order valence-corrected chi connectivity index (χ3v) is 5.43. The average molecular weight is 398 g/mol. The minimum absolute atomic E-state index is 0.0727. The molecule has 1 heterocycles. The van der Waals surface area contributed by atoms with Crippen LogP contribution in [-0.2, 0) is 0 Å². The summed E-state index contributed by atoms with van der Waals surface area (Å²) in [5, 5.41) is 2.30. The summed E-state index contributed by atoms with van der Waals surface area (Å²) in [4.78, 5) is 12.1. The normalized spacial score (nSPS) is 11.6. The highest BCUT2D eigenvalue weighted by atomic mass is 16.5. The van der Waals surface area contributed by atoms with Crippen LogP contribution in [0.25, 0.3) is 33.6 Å². The van der Waals surface area contributed by atoms with Crippen molar-refractivity contribution in [3.05, 3.63) is 77.9 Å². The van der Waals surface area contributed by atoms with Gasteiger partial charge in [0.15, 0.2) is 5.78 Å². The number of carbonyl (C=O) groups excluding carboxylic acids is 1. The molecule has 0 aliphatic rings. The molecule has 0 fully saturated rings. The van der Waals surface area contributed by atoms with Gasteiger partial charge < -0.3 is 9.30 Å². The zero-order valence-electron chi connectivity index (χ0n) is 17.8. The van der Waals surface area contributed by atoms with Gasteiger partial charge in [0, 0.05) is 22.0 Å². The molecule has 0 spiro atoms. The Morgan fingerprint density at radius 2 is 1.83 bits per heavy atom. The standard InChI is InChI=1S/C27H27NO2/c1-4-6-17-30-26-14-9-13-25-27(26)23-11-7-8-12-24(23)28(25)21-15-16-22(19(3)29)20(18-21)10-5-2/h5,7-16,18H,4,6,17H2,1-3H3/b10-5-. The number of Topliss-reactive ketones (excluding diaryl/α,β-unsaturated/α-hetero) is 1. The van der Waals surface area contributed by atoms with Crippen molar-refractivity contribution >= 4 is 33.7 Å². The summed E-state index contributed by atoms with van der Waals surface area (Å²) in [6.45, 7) is 6.47. The maximum absolute atomic E-state index is 12.1. The Bertz CT molecular complexity index is 1250. The third kappa shape index (κ3) is 3.52. The Labute approximate surface area is 177 Å². The molecule has 0 radical (unpaired) electrons. The Kier molecular flexibility index (Phi) is 5.71. The Hall–Kier alpha value is -3.33. The summed E-state index contributed by atoms with van der Waals surface area (Å²) in [5.41, 5.74) is 4.93. The first-order chi connectivity index (χ1) is 14.7. The number of nitrogens with zero attached hydrogens (tertiary/aromatic N) is 1. The van der Waals surface area contributed by atoms with Gasteiger partial charge in [0.05, 0.1) is 17.6 Å². The van der Waals surface area contributed by atoms with E-state index < -0.39 is 0 Å². The number of benzene rings is 3. The number of fused-ring (bicyclic) bond motifs is 3. The monoisotopic (exact) mass is 397 g/mol. The number of rotatable bonds is 7. The van der Waals surface area contributed by atoms with Crippen molar-refractivity contribution in [1.29, 1.82) is 0 Å². The second-order valence-corrected chi connectivity index (χ2v) is 7.53. The fourth-order valence-electron chi connectivity index (χ4n) is 4.04. The molecule has 30 heavy (non-hydrogen) atoms. The van der Waals surface area contributed by atoms with Crippen LogP contribution in [0.5, 0.6) is 5.75 Å². The molecule has 0 unspecified atom stereocenters. The molecule has 4 rings (SSSR count). The van der Waals surface area contributed by atoms with Gasteiger partial charge in [0.1, 0.15) is 5.75 Å². The zero-order valence-corrected chi connectivity index (χ0v) is 17.8. The van der Waals surface area contributed by atoms with Crippen LogP contribution in [0.15, 0.2) is 66.7 Å². The van der Waals surface area contributed by atoms with E-state index in [2.05, 4.69) is 60.0 Å². The molecular formula is C27H27NO2. The van der Waals surface area contributed by atoms with E-state index in [9.17, 15) is 4.79 Å². The van der Waals surface area contributed by atoms with Gasteiger partial charge in [-0.2, -0.15) is 0 Å². The topological polar surface area (TPSA) is 31.2 Å². The summed E-state index contributed by atoms with van der Waals surface area (Å²) in [5.74, 6) is 0.994. The van der Waals surface area contributed by atoms with E-state index in [-0.39, 0.29) is 5.78 Å². The summed E-state index contributed by atoms with van der Waals surface area (Å²) in [6, 6.07) is 20.7. The number of para-hydroxylation sites is 1. The molecule has 0 bridgehead atoms. The molecular weight excluding hydrogens is 370 g/mol. The molecule has 4 aromatic rings. The Balaban J connectivity index is 1.98. The fraction of sp³-hybridized carbons (Fsp3) is 0.222. The second-order valence-electron chi connectivity index (χ2n) is 7.53. The summed E-state index contributed by atoms with van der Waals surface area (Å²) in [6.07, 6.45) is 6.10. The number of ether oxygens (including phenoxy) is 1. The summed E-state index contributed by atoms with van der Waals surface area (Å²) in [7, 11) is 0. The van der Waals surface area contributed by atoms with Crippen LogP contribution in [0.1, 0.15) is 49.5 Å². The minimum Gasteiger partial charge on any atom is -0.493 e. The number of carbonyl (C=O) groups is 1. The van der Waals surface area contributed by atoms with Crippen LogP contribution in [0.2, 0.25) is 0 Å². The van der Waals surface area contributed by atoms with E-state index in [1.54, 1.807) is 6.92 Å². The van der Waals surface area contributed by atoms with Gasteiger partial charge in [0.2, 0.25) is 0 Å². The summed E-state index contributed by atoms with van der Waals surface area (Å²) >= 11 is 0. The lowest BCUT2D eigenvalue weighted by Gasteiger charge is -2.12. The highest BCUT2D eigenvalue weighted by molar-refractivity contribution is 6.12. The number of hydrogen-bond donors (Lipinski definition) is 0. The quantitative estimate of drug-likeness (QED) is 0.244. The molecule has 0 saturated heterocycles. The van der Waals surface area contributed by atoms with Crippen LogP contribution in [0.3, 0.4) is 0 Å². The van der Waals surface area contributed by atoms with Crippen molar-refractivity contribution in [1.82, 2.24) is 4.57 Å². The molecule has 0 aliphatic heterocycles. The zero-order chi connectivity index (χ0) is 21.1. The number of unbranched alkanes of at least 4 members (excludes halogenated alkanes) is 1. The van der Waals surface area contributed by atoms with E-state index in [0.29, 0.717) is 6.61 Å². The first kappa shape index (κ1) is 20.0. The highest BCUT2D eigenvalue weighted by Crippen LogP contribution is 2.38. The number of ketones is 1. The number of hydrogen-bond acceptors (Lipinski definition) is 2. The SMILES string of the molecule is C/C=C\c1cc(-n2c3ccccc3c3c(OCCCC)cccc32)ccc1C(C)=O. The number of aromatic nitrogens is 1. The van der Waals surface area contributed by atoms with Crippen molar-refractivity contribution in [2.45, 2.75) is 33.6 Å². The van der Waals surface area contributed by atoms with Crippen molar-refractivity contribution in [2.24, 2.45) is 0 Å². The third-order valence-electron chi connectivity index (χ3n) is 5.43. The predicted molar refractivity (Wildman–Crippen MR) is 126 cm³/mol. The molecule has 0 N–H and O–H groups in total. The van der Waals surface area contributed by atoms with Crippen LogP contribution < -0.4 is 4.74 Å². The van der Waals surface area contributed by atoms with E-state index in [4.69, 9.17) is 4.74 Å². The van der Waals surface area contributed by atoms with Crippen LogP contribution >= 0.6 is 0 Å². The lowest BCUT2D eigenvalue weighted by Crippen LogP contribution is -2.00. The first-order valence-electron chi connectivity index (χ1n) is 10.6. The van der Waals surface area contributed by atoms with Gasteiger partial charge in [-0.3, -0.25) is 4.79 Å². The maximum atomic E-state index is 12.1. The van der Waals surface area contributed by atoms with E-state index in [0.717, 1.165) is 51.8 Å². The maximum Gasteiger partial charge on any atom is 0.160 e. The highest BCUT2D eigenvalue weighted by Gasteiger charge is 2.16. The van der Waals surface area contributed by atoms with Crippen molar-refractivity contribution in [3.63, 3.8) is 0 Å². The Morgan fingerprint density at radius 3 is 2.60 bits per heavy atom. The number of allylic oxidation sites excluding steroid dienone is 1. The average Bonchev–Trinajstić information content (AvgIpc) is 3.09. The lowest BCUT2D eigenvalue weighted by atomic mass is 10.0. The van der Waals surface area contributed by atoms with Crippen molar-refractivity contribution in [3.8, 4) is 11.4 Å². The molecule has 1 aromatic heterocycles. The van der Waals surface area contributed by atoms with Crippen molar-refractivity contribution < 1.29 is 9.53 Å². The molecule has 3 nitrogen and oxygen atoms in total. The molecule has 0 atom stereocenters. The van der Waals surface area contributed by atoms with E-state index in [1.165, 1.54) is 5.39 Å². The van der Waals surface area contributed by atoms with E-state index >= 15 is 0 Å². The largest absolute Gasteiger partial charge is 0.493 e. The van der Waals surface area contributed by atoms with Crippen LogP contribution in [0.4, 0.5) is 0 Å². The van der Waals surface area contributed by atoms with Gasteiger partial charge in [-0.25, -0.2) is 0 Å². The molecule has 3 heteroatoms. The molecule has 152 valence electrons. The minimum atomic E-state index is 0.0727. The van der Waals surface area contributed by atoms with E-state index in [1.807, 2.05) is 31.2 Å². The molecule has 0 amide bonds. The van der Waals surface area contributed by atoms with Gasteiger partial charge >= 0.3 is 0 Å². The second kappa shape index (κ2) is 8.58. The smallest absolute Gasteiger partial charge is 0.160 e. The van der Waals surface area contributed by atoms with Gasteiger partial charge in [0.25, 0.3) is 0 Å². The fourth-order valence-corrected chi connectivity index (χ4v) is 4.04. The van der Waals surface area contributed by atoms with Gasteiger partial charge in [-0.05, 0) is 62.2 Å². The first-order valence-corrected chi connectivity index (χ1v) is 10.6. The Morgan fingerprint density at radius 1 is 1.03 bits per heavy atom. The van der Waals surface area contributed by atoms with Crippen LogP contribution in [0, 0.1) is 0 Å².